The lowest BCUT2D eigenvalue weighted by atomic mass is 10.2. The first-order chi connectivity index (χ1) is 13.7. The van der Waals surface area contributed by atoms with Crippen LogP contribution in [0, 0.1) is 5.82 Å². The van der Waals surface area contributed by atoms with Gasteiger partial charge in [-0.2, -0.15) is 0 Å². The maximum atomic E-state index is 13.0. The summed E-state index contributed by atoms with van der Waals surface area (Å²) in [5.41, 5.74) is 1.49. The summed E-state index contributed by atoms with van der Waals surface area (Å²) in [5.74, 6) is 0.473. The van der Waals surface area contributed by atoms with Gasteiger partial charge < -0.3 is 5.32 Å². The van der Waals surface area contributed by atoms with Crippen LogP contribution in [0.5, 0.6) is 0 Å². The number of hydrogen-bond acceptors (Lipinski definition) is 7. The number of anilines is 1. The van der Waals surface area contributed by atoms with Gasteiger partial charge in [-0.25, -0.2) is 14.4 Å². The van der Waals surface area contributed by atoms with Crippen LogP contribution in [0.2, 0.25) is 0 Å². The minimum absolute atomic E-state index is 0.182. The molecule has 0 aliphatic carbocycles. The monoisotopic (exact) mass is 431 g/mol. The third-order valence-electron chi connectivity index (χ3n) is 3.66. The highest BCUT2D eigenvalue weighted by Crippen LogP contribution is 2.25. The molecule has 0 radical (unpaired) electrons. The van der Waals surface area contributed by atoms with Crippen LogP contribution in [0.15, 0.2) is 52.3 Å². The predicted octanol–water partition coefficient (Wildman–Crippen LogP) is 4.45. The van der Waals surface area contributed by atoms with E-state index in [1.807, 2.05) is 22.9 Å². The molecule has 10 heteroatoms. The zero-order chi connectivity index (χ0) is 19.3. The van der Waals surface area contributed by atoms with Gasteiger partial charge in [-0.05, 0) is 35.7 Å². The number of thiophene rings is 1. The first kappa shape index (κ1) is 18.8. The van der Waals surface area contributed by atoms with E-state index in [1.165, 1.54) is 40.1 Å². The zero-order valence-corrected chi connectivity index (χ0v) is 16.8. The van der Waals surface area contributed by atoms with Gasteiger partial charge in [-0.1, -0.05) is 17.8 Å². The number of aromatic nitrogens is 4. The van der Waals surface area contributed by atoms with E-state index in [2.05, 4.69) is 25.5 Å². The van der Waals surface area contributed by atoms with E-state index in [1.54, 1.807) is 23.5 Å². The molecule has 3 aromatic heterocycles. The second-order valence-electron chi connectivity index (χ2n) is 5.70. The summed E-state index contributed by atoms with van der Waals surface area (Å²) in [7, 11) is 0. The molecule has 0 bridgehead atoms. The number of halogens is 1. The number of thioether (sulfide) groups is 1. The minimum Gasteiger partial charge on any atom is -0.301 e. The summed E-state index contributed by atoms with van der Waals surface area (Å²) in [6.07, 6.45) is 0.697. The van der Waals surface area contributed by atoms with Gasteiger partial charge in [0.2, 0.25) is 11.1 Å². The normalized spacial score (nSPS) is 10.9. The lowest BCUT2D eigenvalue weighted by Gasteiger charge is -1.99. The van der Waals surface area contributed by atoms with Crippen LogP contribution in [0.1, 0.15) is 10.7 Å². The number of amides is 1. The highest BCUT2D eigenvalue weighted by molar-refractivity contribution is 7.99. The van der Waals surface area contributed by atoms with Crippen LogP contribution in [0.3, 0.4) is 0 Å². The molecule has 0 saturated heterocycles. The number of nitrogens with zero attached hydrogens (tertiary/aromatic N) is 3. The molecule has 3 heterocycles. The fraction of sp³-hybridized carbons (Fsp3) is 0.111. The van der Waals surface area contributed by atoms with E-state index in [-0.39, 0.29) is 17.5 Å². The van der Waals surface area contributed by atoms with Crippen molar-refractivity contribution in [3.63, 3.8) is 0 Å². The molecule has 2 N–H and O–H groups in total. The second-order valence-corrected chi connectivity index (χ2v) is 8.54. The molecule has 142 valence electrons. The molecular formula is C18H14FN5OS3. The second kappa shape index (κ2) is 8.63. The molecule has 4 aromatic rings. The number of carbonyl (C=O) groups excluding carboxylic acids is 1. The Kier molecular flexibility index (Phi) is 5.79. The van der Waals surface area contributed by atoms with Crippen molar-refractivity contribution >= 4 is 45.5 Å². The van der Waals surface area contributed by atoms with Gasteiger partial charge in [0.05, 0.1) is 11.4 Å². The van der Waals surface area contributed by atoms with Gasteiger partial charge in [0.15, 0.2) is 5.13 Å². The molecule has 0 atom stereocenters. The molecule has 0 unspecified atom stereocenters. The van der Waals surface area contributed by atoms with Crippen LogP contribution in [0.4, 0.5) is 9.52 Å². The number of rotatable bonds is 7. The molecule has 0 fully saturated rings. The molecule has 0 aliphatic rings. The summed E-state index contributed by atoms with van der Waals surface area (Å²) in [6, 6.07) is 10.1. The van der Waals surface area contributed by atoms with Gasteiger partial charge in [0.1, 0.15) is 11.6 Å². The van der Waals surface area contributed by atoms with E-state index in [4.69, 9.17) is 0 Å². The largest absolute Gasteiger partial charge is 0.301 e. The molecule has 1 aromatic carbocycles. The molecule has 1 amide bonds. The van der Waals surface area contributed by atoms with Crippen molar-refractivity contribution in [1.29, 1.82) is 0 Å². The van der Waals surface area contributed by atoms with Crippen molar-refractivity contribution in [3.8, 4) is 11.3 Å². The molecule has 28 heavy (non-hydrogen) atoms. The number of benzene rings is 1. The summed E-state index contributed by atoms with van der Waals surface area (Å²) in [6.45, 7) is 0. The number of carbonyl (C=O) groups is 1. The summed E-state index contributed by atoms with van der Waals surface area (Å²) in [4.78, 5) is 22.1. The molecule has 0 aliphatic heterocycles. The zero-order valence-electron chi connectivity index (χ0n) is 14.4. The summed E-state index contributed by atoms with van der Waals surface area (Å²) >= 11 is 4.25. The Labute approximate surface area is 172 Å². The maximum Gasteiger partial charge on any atom is 0.236 e. The van der Waals surface area contributed by atoms with Gasteiger partial charge in [0, 0.05) is 22.2 Å². The number of nitrogens with one attached hydrogen (secondary N) is 2. The fourth-order valence-corrected chi connectivity index (χ4v) is 4.43. The summed E-state index contributed by atoms with van der Waals surface area (Å²) in [5, 5.41) is 14.7. The van der Waals surface area contributed by atoms with Crippen LogP contribution in [-0.2, 0) is 11.2 Å². The average Bonchev–Trinajstić information content (AvgIpc) is 3.44. The Bertz CT molecular complexity index is 1060. The minimum atomic E-state index is -0.296. The maximum absolute atomic E-state index is 13.0. The van der Waals surface area contributed by atoms with E-state index < -0.39 is 0 Å². The molecule has 0 saturated carbocycles. The van der Waals surface area contributed by atoms with Gasteiger partial charge in [-0.3, -0.25) is 9.89 Å². The quantitative estimate of drug-likeness (QED) is 0.423. The smallest absolute Gasteiger partial charge is 0.236 e. The highest BCUT2D eigenvalue weighted by Gasteiger charge is 2.11. The van der Waals surface area contributed by atoms with Crippen molar-refractivity contribution in [1.82, 2.24) is 20.2 Å². The Hall–Kier alpha value is -2.56. The average molecular weight is 432 g/mol. The van der Waals surface area contributed by atoms with Gasteiger partial charge in [0.25, 0.3) is 0 Å². The third-order valence-corrected chi connectivity index (χ3v) is 6.14. The van der Waals surface area contributed by atoms with Crippen molar-refractivity contribution in [2.45, 2.75) is 11.6 Å². The van der Waals surface area contributed by atoms with Gasteiger partial charge in [-0.15, -0.1) is 27.8 Å². The van der Waals surface area contributed by atoms with Crippen LogP contribution in [-0.4, -0.2) is 31.8 Å². The Morgan fingerprint density at radius 1 is 1.18 bits per heavy atom. The van der Waals surface area contributed by atoms with Crippen molar-refractivity contribution in [3.05, 3.63) is 63.7 Å². The van der Waals surface area contributed by atoms with Crippen molar-refractivity contribution in [2.75, 3.05) is 11.1 Å². The Balaban J connectivity index is 1.29. The number of aromatic amines is 1. The number of H-pyrrole nitrogens is 1. The van der Waals surface area contributed by atoms with Gasteiger partial charge >= 0.3 is 0 Å². The van der Waals surface area contributed by atoms with E-state index in [9.17, 15) is 9.18 Å². The topological polar surface area (TPSA) is 83.6 Å². The standard InChI is InChI=1S/C18H14FN5OS3/c19-12-5-3-11(4-6-12)14-9-27-17(20-14)22-16(25)10-28-18-21-15(23-24-18)8-13-2-1-7-26-13/h1-7,9H,8,10H2,(H,20,22,25)(H,21,23,24). The van der Waals surface area contributed by atoms with E-state index in [0.717, 1.165) is 11.4 Å². The molecule has 0 spiro atoms. The Morgan fingerprint density at radius 2 is 2.04 bits per heavy atom. The molecular weight excluding hydrogens is 417 g/mol. The first-order valence-corrected chi connectivity index (χ1v) is 11.0. The number of thiazole rings is 1. The lowest BCUT2D eigenvalue weighted by molar-refractivity contribution is -0.113. The highest BCUT2D eigenvalue weighted by atomic mass is 32.2. The van der Waals surface area contributed by atoms with Crippen LogP contribution >= 0.6 is 34.4 Å². The van der Waals surface area contributed by atoms with Crippen LogP contribution in [0.25, 0.3) is 11.3 Å². The predicted molar refractivity (Wildman–Crippen MR) is 110 cm³/mol. The van der Waals surface area contributed by atoms with Crippen molar-refractivity contribution in [2.24, 2.45) is 0 Å². The summed E-state index contributed by atoms with van der Waals surface area (Å²) < 4.78 is 13.0. The Morgan fingerprint density at radius 3 is 2.82 bits per heavy atom. The van der Waals surface area contributed by atoms with E-state index >= 15 is 0 Å². The van der Waals surface area contributed by atoms with Crippen molar-refractivity contribution < 1.29 is 9.18 Å². The molecule has 6 nitrogen and oxygen atoms in total. The third kappa shape index (κ3) is 4.83. The van der Waals surface area contributed by atoms with E-state index in [0.29, 0.717) is 22.4 Å². The lowest BCUT2D eigenvalue weighted by Crippen LogP contribution is -2.13. The number of hydrogen-bond donors (Lipinski definition) is 2. The first-order valence-electron chi connectivity index (χ1n) is 8.23. The fourth-order valence-electron chi connectivity index (χ4n) is 2.37. The van der Waals surface area contributed by atoms with Crippen LogP contribution < -0.4 is 5.32 Å². The SMILES string of the molecule is O=C(CSc1n[nH]c(Cc2cccs2)n1)Nc1nc(-c2ccc(F)cc2)cs1. The molecule has 4 rings (SSSR count).